The smallest absolute Gasteiger partial charge is 0.212 e. The van der Waals surface area contributed by atoms with E-state index in [0.717, 1.165) is 10.0 Å². The van der Waals surface area contributed by atoms with Crippen LogP contribution >= 0.6 is 15.9 Å². The zero-order valence-electron chi connectivity index (χ0n) is 12.5. The fraction of sp³-hybridized carbons (Fsp3) is 0.0500. The second-order valence-electron chi connectivity index (χ2n) is 5.09. The molecule has 0 aliphatic rings. The quantitative estimate of drug-likeness (QED) is 0.427. The van der Waals surface area contributed by atoms with E-state index in [1.54, 1.807) is 0 Å². The van der Waals surface area contributed by atoms with Crippen molar-refractivity contribution in [3.8, 4) is 0 Å². The van der Waals surface area contributed by atoms with Gasteiger partial charge in [0.1, 0.15) is 0 Å². The molecule has 0 spiro atoms. The number of benzene rings is 3. The number of carbonyl (C=O) groups is 1. The molecule has 0 bridgehead atoms. The van der Waals surface area contributed by atoms with Gasteiger partial charge in [0.05, 0.1) is 10.9 Å². The van der Waals surface area contributed by atoms with Crippen LogP contribution in [-0.4, -0.2) is 11.5 Å². The maximum atomic E-state index is 12.7. The van der Waals surface area contributed by atoms with Gasteiger partial charge in [0.15, 0.2) is 15.5 Å². The average molecular weight is 384 g/mol. The van der Waals surface area contributed by atoms with E-state index in [1.807, 2.05) is 60.7 Å². The van der Waals surface area contributed by atoms with Crippen LogP contribution in [0.2, 0.25) is 0 Å². The summed E-state index contributed by atoms with van der Waals surface area (Å²) < 4.78 is 0.985. The van der Waals surface area contributed by atoms with Gasteiger partial charge in [-0.25, -0.2) is 0 Å². The van der Waals surface area contributed by atoms with Gasteiger partial charge in [0.2, 0.25) is 5.78 Å². The van der Waals surface area contributed by atoms with E-state index in [4.69, 9.17) is 0 Å². The van der Waals surface area contributed by atoms with Crippen molar-refractivity contribution in [1.29, 1.82) is 0 Å². The normalized spacial score (nSPS) is 10.7. The van der Waals surface area contributed by atoms with Gasteiger partial charge in [0.25, 0.3) is 0 Å². The number of rotatable bonds is 5. The third-order valence-corrected chi connectivity index (χ3v) is 6.26. The third kappa shape index (κ3) is 4.12. The summed E-state index contributed by atoms with van der Waals surface area (Å²) in [6.45, 7) is 0. The minimum Gasteiger partial charge on any atom is -0.289 e. The zero-order valence-corrected chi connectivity index (χ0v) is 14.9. The summed E-state index contributed by atoms with van der Waals surface area (Å²) in [5, 5.41) is 0. The third-order valence-electron chi connectivity index (χ3n) is 3.50. The lowest BCUT2D eigenvalue weighted by Crippen LogP contribution is -2.17. The summed E-state index contributed by atoms with van der Waals surface area (Å²) in [5.41, 5.74) is 0.762. The molecular weight excluding hydrogens is 368 g/mol. The second kappa shape index (κ2) is 7.62. The molecule has 0 aliphatic carbocycles. The Morgan fingerprint density at radius 3 is 1.70 bits per heavy atom. The molecule has 0 N–H and O–H groups in total. The van der Waals surface area contributed by atoms with Gasteiger partial charge in [-0.15, -0.1) is 0 Å². The predicted molar refractivity (Wildman–Crippen MR) is 100 cm³/mol. The summed E-state index contributed by atoms with van der Waals surface area (Å²) >= 11 is 3.41. The molecule has 0 aromatic heterocycles. The van der Waals surface area contributed by atoms with Gasteiger partial charge >= 0.3 is 0 Å². The lowest BCUT2D eigenvalue weighted by atomic mass is 10.2. The van der Waals surface area contributed by atoms with Crippen molar-refractivity contribution < 1.29 is 4.79 Å². The fourth-order valence-electron chi connectivity index (χ4n) is 2.32. The van der Waals surface area contributed by atoms with E-state index in [2.05, 4.69) is 40.2 Å². The maximum absolute atomic E-state index is 12.7. The first-order valence-corrected chi connectivity index (χ1v) is 9.52. The molecule has 0 saturated carbocycles. The van der Waals surface area contributed by atoms with Crippen molar-refractivity contribution in [2.75, 3.05) is 5.75 Å². The fourth-order valence-corrected chi connectivity index (χ4v) is 4.59. The standard InChI is InChI=1S/C20H16BrOS/c21-17-13-11-16(12-14-17)20(22)15-23(18-7-3-1-4-8-18)19-9-5-2-6-10-19/h1-14H,15H2/q+1. The highest BCUT2D eigenvalue weighted by molar-refractivity contribution is 9.10. The van der Waals surface area contributed by atoms with Crippen molar-refractivity contribution >= 4 is 32.6 Å². The minimum absolute atomic E-state index is 0.175. The van der Waals surface area contributed by atoms with Crippen molar-refractivity contribution in [1.82, 2.24) is 0 Å². The number of carbonyl (C=O) groups excluding carboxylic acids is 1. The number of hydrogen-bond acceptors (Lipinski definition) is 1. The minimum atomic E-state index is -0.248. The van der Waals surface area contributed by atoms with Crippen LogP contribution in [0.3, 0.4) is 0 Å². The van der Waals surface area contributed by atoms with Gasteiger partial charge in [-0.2, -0.15) is 0 Å². The highest BCUT2D eigenvalue weighted by atomic mass is 79.9. The van der Waals surface area contributed by atoms with Crippen LogP contribution in [0.5, 0.6) is 0 Å². The Morgan fingerprint density at radius 1 is 0.739 bits per heavy atom. The Morgan fingerprint density at radius 2 is 1.22 bits per heavy atom. The van der Waals surface area contributed by atoms with Crippen LogP contribution < -0.4 is 0 Å². The molecule has 3 aromatic rings. The van der Waals surface area contributed by atoms with Crippen LogP contribution in [0.1, 0.15) is 10.4 Å². The summed E-state index contributed by atoms with van der Waals surface area (Å²) in [6.07, 6.45) is 0. The number of hydrogen-bond donors (Lipinski definition) is 0. The van der Waals surface area contributed by atoms with Crippen LogP contribution in [0.4, 0.5) is 0 Å². The van der Waals surface area contributed by atoms with E-state index in [-0.39, 0.29) is 16.7 Å². The monoisotopic (exact) mass is 383 g/mol. The molecular formula is C20H16BrOS+. The van der Waals surface area contributed by atoms with E-state index < -0.39 is 0 Å². The van der Waals surface area contributed by atoms with Gasteiger partial charge in [-0.05, 0) is 36.4 Å². The first kappa shape index (κ1) is 16.0. The Labute approximate surface area is 147 Å². The summed E-state index contributed by atoms with van der Waals surface area (Å²) in [7, 11) is -0.248. The van der Waals surface area contributed by atoms with Gasteiger partial charge < -0.3 is 0 Å². The van der Waals surface area contributed by atoms with Crippen LogP contribution in [0.25, 0.3) is 0 Å². The zero-order chi connectivity index (χ0) is 16.1. The Hall–Kier alpha value is -1.84. The molecule has 0 heterocycles. The van der Waals surface area contributed by atoms with Gasteiger partial charge in [-0.1, -0.05) is 64.5 Å². The molecule has 3 aromatic carbocycles. The van der Waals surface area contributed by atoms with Crippen LogP contribution in [0.15, 0.2) is 99.2 Å². The number of ketones is 1. The van der Waals surface area contributed by atoms with Crippen LogP contribution in [-0.2, 0) is 10.9 Å². The van der Waals surface area contributed by atoms with E-state index in [0.29, 0.717) is 5.75 Å². The lowest BCUT2D eigenvalue weighted by molar-refractivity contribution is 0.102. The predicted octanol–water partition coefficient (Wildman–Crippen LogP) is 5.37. The van der Waals surface area contributed by atoms with Crippen molar-refractivity contribution in [2.45, 2.75) is 9.79 Å². The molecule has 0 aliphatic heterocycles. The maximum Gasteiger partial charge on any atom is 0.212 e. The first-order valence-electron chi connectivity index (χ1n) is 7.34. The van der Waals surface area contributed by atoms with Gasteiger partial charge in [-0.3, -0.25) is 4.79 Å². The molecule has 3 rings (SSSR count). The molecule has 114 valence electrons. The molecule has 1 nitrogen and oxygen atoms in total. The lowest BCUT2D eigenvalue weighted by Gasteiger charge is -2.08. The summed E-state index contributed by atoms with van der Waals surface area (Å²) in [5.74, 6) is 0.670. The average Bonchev–Trinajstić information content (AvgIpc) is 2.61. The van der Waals surface area contributed by atoms with Crippen molar-refractivity contribution in [2.24, 2.45) is 0 Å². The van der Waals surface area contributed by atoms with Gasteiger partial charge in [0, 0.05) is 10.0 Å². The summed E-state index contributed by atoms with van der Waals surface area (Å²) in [6, 6.07) is 28.1. The molecule has 0 saturated heterocycles. The Balaban J connectivity index is 1.90. The molecule has 0 amide bonds. The molecule has 0 atom stereocenters. The topological polar surface area (TPSA) is 17.1 Å². The number of Topliss-reactive ketones (excluding diaryl/α,β-unsaturated/α-hetero) is 1. The summed E-state index contributed by atoms with van der Waals surface area (Å²) in [4.78, 5) is 15.1. The molecule has 23 heavy (non-hydrogen) atoms. The van der Waals surface area contributed by atoms with E-state index in [9.17, 15) is 4.79 Å². The second-order valence-corrected chi connectivity index (χ2v) is 8.02. The molecule has 3 heteroatoms. The highest BCUT2D eigenvalue weighted by Gasteiger charge is 2.28. The Bertz CT molecular complexity index is 730. The molecule has 0 fully saturated rings. The van der Waals surface area contributed by atoms with Crippen molar-refractivity contribution in [3.05, 3.63) is 95.0 Å². The highest BCUT2D eigenvalue weighted by Crippen LogP contribution is 2.24. The van der Waals surface area contributed by atoms with E-state index in [1.165, 1.54) is 9.79 Å². The van der Waals surface area contributed by atoms with Crippen molar-refractivity contribution in [3.63, 3.8) is 0 Å². The SMILES string of the molecule is O=C(C[S+](c1ccccc1)c1ccccc1)c1ccc(Br)cc1. The largest absolute Gasteiger partial charge is 0.289 e. The number of halogens is 1. The first-order chi connectivity index (χ1) is 11.2. The Kier molecular flexibility index (Phi) is 5.31. The van der Waals surface area contributed by atoms with E-state index >= 15 is 0 Å². The molecule has 0 unspecified atom stereocenters. The van der Waals surface area contributed by atoms with Crippen LogP contribution in [0, 0.1) is 0 Å². The molecule has 0 radical (unpaired) electrons.